The smallest absolute Gasteiger partial charge is 0.0693 e. The van der Waals surface area contributed by atoms with Gasteiger partial charge in [0.25, 0.3) is 0 Å². The SMILES string of the molecule is CCCCCCC(O)C1CCC(C(C)(C)C)N1. The molecule has 1 aliphatic heterocycles. The molecule has 0 radical (unpaired) electrons. The Kier molecular flexibility index (Phi) is 5.94. The highest BCUT2D eigenvalue weighted by atomic mass is 16.3. The molecule has 2 N–H and O–H groups in total. The normalized spacial score (nSPS) is 27.4. The molecular formula is C15H31NO. The number of rotatable bonds is 6. The quantitative estimate of drug-likeness (QED) is 0.698. The lowest BCUT2D eigenvalue weighted by molar-refractivity contribution is 0.117. The Morgan fingerprint density at radius 2 is 1.88 bits per heavy atom. The first-order valence-electron chi connectivity index (χ1n) is 7.39. The van der Waals surface area contributed by atoms with Crippen molar-refractivity contribution in [2.75, 3.05) is 0 Å². The highest BCUT2D eigenvalue weighted by Gasteiger charge is 2.34. The maximum Gasteiger partial charge on any atom is 0.0693 e. The third-order valence-electron chi connectivity index (χ3n) is 4.04. The van der Waals surface area contributed by atoms with Crippen molar-refractivity contribution in [3.63, 3.8) is 0 Å². The molecule has 0 aromatic rings. The van der Waals surface area contributed by atoms with Gasteiger partial charge in [-0.25, -0.2) is 0 Å². The van der Waals surface area contributed by atoms with Crippen LogP contribution < -0.4 is 5.32 Å². The van der Waals surface area contributed by atoms with Gasteiger partial charge in [0.2, 0.25) is 0 Å². The molecule has 2 heteroatoms. The molecule has 2 nitrogen and oxygen atoms in total. The predicted octanol–water partition coefficient (Wildman–Crippen LogP) is 3.48. The van der Waals surface area contributed by atoms with Crippen LogP contribution in [0.2, 0.25) is 0 Å². The van der Waals surface area contributed by atoms with E-state index in [-0.39, 0.29) is 6.10 Å². The summed E-state index contributed by atoms with van der Waals surface area (Å²) in [6.07, 6.45) is 8.18. The second kappa shape index (κ2) is 6.75. The van der Waals surface area contributed by atoms with Crippen molar-refractivity contribution in [1.82, 2.24) is 5.32 Å². The lowest BCUT2D eigenvalue weighted by Crippen LogP contribution is -2.43. The minimum atomic E-state index is -0.140. The van der Waals surface area contributed by atoms with Gasteiger partial charge in [-0.3, -0.25) is 0 Å². The van der Waals surface area contributed by atoms with Crippen LogP contribution >= 0.6 is 0 Å². The van der Waals surface area contributed by atoms with Gasteiger partial charge in [-0.05, 0) is 24.7 Å². The van der Waals surface area contributed by atoms with E-state index in [1.165, 1.54) is 32.1 Å². The first-order chi connectivity index (χ1) is 7.95. The van der Waals surface area contributed by atoms with E-state index in [0.29, 0.717) is 17.5 Å². The number of aliphatic hydroxyl groups excluding tert-OH is 1. The van der Waals surface area contributed by atoms with E-state index in [1.807, 2.05) is 0 Å². The van der Waals surface area contributed by atoms with Crippen molar-refractivity contribution < 1.29 is 5.11 Å². The highest BCUT2D eigenvalue weighted by Crippen LogP contribution is 2.30. The van der Waals surface area contributed by atoms with Crippen LogP contribution in [0.3, 0.4) is 0 Å². The lowest BCUT2D eigenvalue weighted by Gasteiger charge is -2.29. The maximum absolute atomic E-state index is 10.2. The third-order valence-corrected chi connectivity index (χ3v) is 4.04. The lowest BCUT2D eigenvalue weighted by atomic mass is 9.86. The molecule has 17 heavy (non-hydrogen) atoms. The Morgan fingerprint density at radius 3 is 2.41 bits per heavy atom. The van der Waals surface area contributed by atoms with Crippen molar-refractivity contribution in [3.8, 4) is 0 Å². The number of hydrogen-bond acceptors (Lipinski definition) is 2. The zero-order valence-corrected chi connectivity index (χ0v) is 12.1. The maximum atomic E-state index is 10.2. The first kappa shape index (κ1) is 15.0. The zero-order chi connectivity index (χ0) is 12.9. The number of hydrogen-bond donors (Lipinski definition) is 2. The molecule has 0 aromatic carbocycles. The molecule has 1 saturated heterocycles. The van der Waals surface area contributed by atoms with Gasteiger partial charge in [0.15, 0.2) is 0 Å². The molecule has 0 aromatic heterocycles. The van der Waals surface area contributed by atoms with Gasteiger partial charge >= 0.3 is 0 Å². The standard InChI is InChI=1S/C15H31NO/c1-5-6-7-8-9-13(17)12-10-11-14(16-12)15(2,3)4/h12-14,16-17H,5-11H2,1-4H3. The molecule has 102 valence electrons. The summed E-state index contributed by atoms with van der Waals surface area (Å²) < 4.78 is 0. The van der Waals surface area contributed by atoms with Gasteiger partial charge in [-0.2, -0.15) is 0 Å². The molecular weight excluding hydrogens is 210 g/mol. The summed E-state index contributed by atoms with van der Waals surface area (Å²) in [6, 6.07) is 0.902. The second-order valence-electron chi connectivity index (χ2n) is 6.69. The molecule has 1 aliphatic rings. The summed E-state index contributed by atoms with van der Waals surface area (Å²) in [6.45, 7) is 9.06. The Balaban J connectivity index is 2.23. The van der Waals surface area contributed by atoms with Crippen LogP contribution in [-0.2, 0) is 0 Å². The summed E-state index contributed by atoms with van der Waals surface area (Å²) in [4.78, 5) is 0. The van der Waals surface area contributed by atoms with E-state index in [0.717, 1.165) is 12.8 Å². The van der Waals surface area contributed by atoms with Crippen LogP contribution in [0.15, 0.2) is 0 Å². The van der Waals surface area contributed by atoms with Gasteiger partial charge in [-0.15, -0.1) is 0 Å². The van der Waals surface area contributed by atoms with E-state index < -0.39 is 0 Å². The Morgan fingerprint density at radius 1 is 1.18 bits per heavy atom. The molecule has 0 saturated carbocycles. The van der Waals surface area contributed by atoms with E-state index >= 15 is 0 Å². The largest absolute Gasteiger partial charge is 0.392 e. The van der Waals surface area contributed by atoms with E-state index in [1.54, 1.807) is 0 Å². The Bertz CT molecular complexity index is 209. The molecule has 0 amide bonds. The van der Waals surface area contributed by atoms with Crippen LogP contribution in [0.1, 0.15) is 72.6 Å². The fourth-order valence-electron chi connectivity index (χ4n) is 2.74. The minimum absolute atomic E-state index is 0.140. The molecule has 0 bridgehead atoms. The summed E-state index contributed by atoms with van der Waals surface area (Å²) in [7, 11) is 0. The zero-order valence-electron chi connectivity index (χ0n) is 12.1. The van der Waals surface area contributed by atoms with Crippen molar-refractivity contribution in [1.29, 1.82) is 0 Å². The molecule has 0 aliphatic carbocycles. The van der Waals surface area contributed by atoms with Crippen LogP contribution in [0, 0.1) is 5.41 Å². The minimum Gasteiger partial charge on any atom is -0.392 e. The van der Waals surface area contributed by atoms with Gasteiger partial charge in [0.1, 0.15) is 0 Å². The summed E-state index contributed by atoms with van der Waals surface area (Å²) in [5.74, 6) is 0. The Hall–Kier alpha value is -0.0800. The molecule has 1 rings (SSSR count). The number of nitrogens with one attached hydrogen (secondary N) is 1. The molecule has 3 atom stereocenters. The average molecular weight is 241 g/mol. The number of unbranched alkanes of at least 4 members (excludes halogenated alkanes) is 3. The van der Waals surface area contributed by atoms with Gasteiger partial charge < -0.3 is 10.4 Å². The number of aliphatic hydroxyl groups is 1. The van der Waals surface area contributed by atoms with Crippen LogP contribution in [0.25, 0.3) is 0 Å². The first-order valence-corrected chi connectivity index (χ1v) is 7.39. The van der Waals surface area contributed by atoms with E-state index in [2.05, 4.69) is 33.0 Å². The predicted molar refractivity (Wildman–Crippen MR) is 74.2 cm³/mol. The fourth-order valence-corrected chi connectivity index (χ4v) is 2.74. The topological polar surface area (TPSA) is 32.3 Å². The highest BCUT2D eigenvalue weighted by molar-refractivity contribution is 4.93. The van der Waals surface area contributed by atoms with Gasteiger partial charge in [-0.1, -0.05) is 53.4 Å². The van der Waals surface area contributed by atoms with Crippen molar-refractivity contribution in [3.05, 3.63) is 0 Å². The monoisotopic (exact) mass is 241 g/mol. The van der Waals surface area contributed by atoms with Crippen molar-refractivity contribution in [2.24, 2.45) is 5.41 Å². The molecule has 3 unspecified atom stereocenters. The summed E-state index contributed by atoms with van der Waals surface area (Å²) in [5.41, 5.74) is 0.316. The van der Waals surface area contributed by atoms with E-state index in [4.69, 9.17) is 0 Å². The van der Waals surface area contributed by atoms with Crippen LogP contribution in [0.4, 0.5) is 0 Å². The molecule has 1 fully saturated rings. The summed E-state index contributed by atoms with van der Waals surface area (Å²) in [5, 5.41) is 13.8. The van der Waals surface area contributed by atoms with Crippen LogP contribution in [-0.4, -0.2) is 23.3 Å². The molecule has 0 spiro atoms. The van der Waals surface area contributed by atoms with Crippen molar-refractivity contribution in [2.45, 2.75) is 90.8 Å². The molecule has 1 heterocycles. The van der Waals surface area contributed by atoms with Gasteiger partial charge in [0.05, 0.1) is 6.10 Å². The van der Waals surface area contributed by atoms with E-state index in [9.17, 15) is 5.11 Å². The third kappa shape index (κ3) is 4.97. The van der Waals surface area contributed by atoms with Crippen LogP contribution in [0.5, 0.6) is 0 Å². The van der Waals surface area contributed by atoms with Crippen molar-refractivity contribution >= 4 is 0 Å². The fraction of sp³-hybridized carbons (Fsp3) is 1.00. The second-order valence-corrected chi connectivity index (χ2v) is 6.69. The van der Waals surface area contributed by atoms with Gasteiger partial charge in [0, 0.05) is 12.1 Å². The summed E-state index contributed by atoms with van der Waals surface area (Å²) >= 11 is 0. The Labute approximate surface area is 107 Å². The average Bonchev–Trinajstić information content (AvgIpc) is 2.72.